The van der Waals surface area contributed by atoms with Crippen LogP contribution in [0.2, 0.25) is 0 Å². The molecule has 0 atom stereocenters. The largest absolute Gasteiger partial charge is 0.326 e. The van der Waals surface area contributed by atoms with E-state index in [1.165, 1.54) is 0 Å². The van der Waals surface area contributed by atoms with Gasteiger partial charge in [0.25, 0.3) is 0 Å². The molecule has 4 N–H and O–H groups in total. The molecule has 0 fully saturated rings. The molecule has 0 aliphatic carbocycles. The summed E-state index contributed by atoms with van der Waals surface area (Å²) in [6.07, 6.45) is 0. The Morgan fingerprint density at radius 3 is 0.778 bits per heavy atom. The van der Waals surface area contributed by atoms with Gasteiger partial charge in [-0.15, -0.1) is 0 Å². The first-order valence-corrected chi connectivity index (χ1v) is 3.91. The summed E-state index contributed by atoms with van der Waals surface area (Å²) in [5.41, 5.74) is 0. The minimum atomic E-state index is -3.13. The average molecular weight is 228 g/mol. The summed E-state index contributed by atoms with van der Waals surface area (Å²) in [7, 11) is -6.26. The fourth-order valence-corrected chi connectivity index (χ4v) is 0. The number of hydrogen-bond acceptors (Lipinski definition) is 2. The van der Waals surface area contributed by atoms with Gasteiger partial charge in [0.15, 0.2) is 0 Å². The van der Waals surface area contributed by atoms with Crippen LogP contribution in [0.4, 0.5) is 0 Å². The molecule has 0 aromatic carbocycles. The van der Waals surface area contributed by atoms with Crippen LogP contribution in [0.1, 0.15) is 0 Å². The van der Waals surface area contributed by atoms with Crippen molar-refractivity contribution in [1.29, 1.82) is 0 Å². The Hall–Kier alpha value is 0.819. The molecule has 1 radical (unpaired) electrons. The van der Waals surface area contributed by atoms with E-state index in [1.807, 2.05) is 0 Å². The van der Waals surface area contributed by atoms with Gasteiger partial charge >= 0.3 is 16.5 Å². The van der Waals surface area contributed by atoms with Crippen LogP contribution in [0.5, 0.6) is 0 Å². The van der Waals surface area contributed by atoms with Crippen LogP contribution in [-0.4, -0.2) is 19.6 Å². The normalized spacial score (nSPS) is 7.78. The maximum absolute atomic E-state index is 8.74. The van der Waals surface area contributed by atoms with Gasteiger partial charge in [0, 0.05) is 17.1 Å². The van der Waals surface area contributed by atoms with Crippen LogP contribution in [0.3, 0.4) is 0 Å². The van der Waals surface area contributed by atoms with Crippen molar-refractivity contribution in [2.75, 3.05) is 0 Å². The van der Waals surface area contributed by atoms with Gasteiger partial charge in [0.2, 0.25) is 0 Å². The van der Waals surface area contributed by atoms with Crippen molar-refractivity contribution in [3.63, 3.8) is 0 Å². The molecule has 0 spiro atoms. The van der Waals surface area contributed by atoms with E-state index in [2.05, 4.69) is 0 Å². The van der Waals surface area contributed by atoms with Gasteiger partial charge in [-0.2, -0.15) is 0 Å². The van der Waals surface area contributed by atoms with E-state index >= 15 is 0 Å². The summed E-state index contributed by atoms with van der Waals surface area (Å²) >= 11 is 0. The van der Waals surface area contributed by atoms with Crippen LogP contribution in [0.25, 0.3) is 0 Å². The van der Waals surface area contributed by atoms with Gasteiger partial charge in [-0.3, -0.25) is 9.13 Å². The van der Waals surface area contributed by atoms with Crippen molar-refractivity contribution >= 4 is 16.5 Å². The number of rotatable bonds is 0. The molecule has 9 heavy (non-hydrogen) atoms. The van der Waals surface area contributed by atoms with Crippen LogP contribution in [-0.2, 0) is 26.2 Å². The zero-order valence-corrected chi connectivity index (χ0v) is 6.85. The quantitative estimate of drug-likeness (QED) is 0.303. The van der Waals surface area contributed by atoms with E-state index in [0.717, 1.165) is 0 Å². The van der Waals surface area contributed by atoms with Crippen molar-refractivity contribution in [3.05, 3.63) is 0 Å². The van der Waals surface area contributed by atoms with Crippen LogP contribution in [0, 0.1) is 0 Å². The maximum atomic E-state index is 8.74. The molecule has 63 valence electrons. The topological polar surface area (TPSA) is 115 Å². The van der Waals surface area contributed by atoms with Gasteiger partial charge < -0.3 is 19.6 Å². The molecular weight excluding hydrogens is 221 g/mol. The first-order valence-electron chi connectivity index (χ1n) is 1.30. The second kappa shape index (κ2) is 11.6. The molecule has 0 rings (SSSR count). The predicted molar refractivity (Wildman–Crippen MR) is 26.9 cm³/mol. The van der Waals surface area contributed by atoms with Crippen LogP contribution in [0.15, 0.2) is 0 Å². The van der Waals surface area contributed by atoms with Gasteiger partial charge in [-0.1, -0.05) is 0 Å². The molecule has 0 aliphatic rings. The van der Waals surface area contributed by atoms with Crippen molar-refractivity contribution in [2.24, 2.45) is 0 Å². The molecule has 0 heterocycles. The Morgan fingerprint density at radius 2 is 0.778 bits per heavy atom. The first kappa shape index (κ1) is 16.4. The third-order valence-corrected chi connectivity index (χ3v) is 0. The minimum Gasteiger partial charge on any atom is -0.326 e. The SMILES string of the molecule is O=[PH](O)O.O=[PH](O)O.[Cu]. The van der Waals surface area contributed by atoms with Gasteiger partial charge in [0.1, 0.15) is 0 Å². The molecule has 0 saturated heterocycles. The Bertz CT molecular complexity index is 69.1. The smallest absolute Gasteiger partial charge is 0.314 e. The molecule has 0 aliphatic heterocycles. The Kier molecular flexibility index (Phi) is 21.2. The third-order valence-electron chi connectivity index (χ3n) is 0. The van der Waals surface area contributed by atoms with Crippen molar-refractivity contribution in [3.8, 4) is 0 Å². The molecule has 0 unspecified atom stereocenters. The molecular formula is H6CuO6P2. The van der Waals surface area contributed by atoms with E-state index in [0.29, 0.717) is 0 Å². The van der Waals surface area contributed by atoms with Gasteiger partial charge in [0.05, 0.1) is 0 Å². The fourth-order valence-electron chi connectivity index (χ4n) is 0. The molecule has 0 aromatic rings. The van der Waals surface area contributed by atoms with Crippen molar-refractivity contribution in [2.45, 2.75) is 0 Å². The Labute approximate surface area is 62.9 Å². The monoisotopic (exact) mass is 227 g/mol. The van der Waals surface area contributed by atoms with E-state index in [9.17, 15) is 0 Å². The third kappa shape index (κ3) is 611. The van der Waals surface area contributed by atoms with E-state index in [4.69, 9.17) is 28.7 Å². The van der Waals surface area contributed by atoms with Crippen molar-refractivity contribution < 1.29 is 45.8 Å². The molecule has 6 nitrogen and oxygen atoms in total. The Balaban J connectivity index is -0.0000000720. The molecule has 9 heteroatoms. The zero-order chi connectivity index (χ0) is 7.15. The van der Waals surface area contributed by atoms with E-state index < -0.39 is 16.5 Å². The summed E-state index contributed by atoms with van der Waals surface area (Å²) in [5, 5.41) is 0. The van der Waals surface area contributed by atoms with Crippen molar-refractivity contribution in [1.82, 2.24) is 0 Å². The zero-order valence-electron chi connectivity index (χ0n) is 3.91. The molecule has 0 bridgehead atoms. The minimum absolute atomic E-state index is 0. The second-order valence-corrected chi connectivity index (χ2v) is 1.70. The number of hydrogen-bond donors (Lipinski definition) is 4. The molecule has 0 saturated carbocycles. The summed E-state index contributed by atoms with van der Waals surface area (Å²) in [5.74, 6) is 0. The Morgan fingerprint density at radius 1 is 0.778 bits per heavy atom. The maximum Gasteiger partial charge on any atom is 0.314 e. The second-order valence-electron chi connectivity index (χ2n) is 0.565. The summed E-state index contributed by atoms with van der Waals surface area (Å²) in [6.45, 7) is 0. The van der Waals surface area contributed by atoms with Crippen LogP contribution >= 0.6 is 16.5 Å². The molecule has 0 aromatic heterocycles. The first-order chi connectivity index (χ1) is 3.46. The standard InChI is InChI=1S/Cu.2H3O3P/c;2*1-4(2)3/h;2*4H,(H2,1,2,3). The van der Waals surface area contributed by atoms with E-state index in [1.54, 1.807) is 0 Å². The van der Waals surface area contributed by atoms with E-state index in [-0.39, 0.29) is 17.1 Å². The summed E-state index contributed by atoms with van der Waals surface area (Å²) in [4.78, 5) is 28.6. The fraction of sp³-hybridized carbons (Fsp3) is 0. The predicted octanol–water partition coefficient (Wildman–Crippen LogP) is -1.28. The summed E-state index contributed by atoms with van der Waals surface area (Å²) in [6, 6.07) is 0. The average Bonchev–Trinajstić information content (AvgIpc) is 1.25. The summed E-state index contributed by atoms with van der Waals surface area (Å²) < 4.78 is 17.5. The van der Waals surface area contributed by atoms with Gasteiger partial charge in [-0.25, -0.2) is 0 Å². The van der Waals surface area contributed by atoms with Gasteiger partial charge in [-0.05, 0) is 0 Å². The van der Waals surface area contributed by atoms with Crippen LogP contribution < -0.4 is 0 Å². The molecule has 0 amide bonds.